The molecule has 2 heterocycles. The molecule has 3 heteroatoms. The molecule has 20 heavy (non-hydrogen) atoms. The molecule has 3 rings (SSSR count). The van der Waals surface area contributed by atoms with Gasteiger partial charge in [-0.05, 0) is 37.9 Å². The number of nitrogens with zero attached hydrogens (tertiary/aromatic N) is 2. The zero-order valence-electron chi connectivity index (χ0n) is 12.6. The van der Waals surface area contributed by atoms with Crippen molar-refractivity contribution in [3.05, 3.63) is 35.5 Å². The fourth-order valence-corrected chi connectivity index (χ4v) is 3.22. The highest BCUT2D eigenvalue weighted by molar-refractivity contribution is 5.85. The third-order valence-electron chi connectivity index (χ3n) is 4.54. The molecule has 108 valence electrons. The minimum absolute atomic E-state index is 0.896. The van der Waals surface area contributed by atoms with Gasteiger partial charge in [-0.1, -0.05) is 18.2 Å². The molecule has 1 aromatic carbocycles. The summed E-state index contributed by atoms with van der Waals surface area (Å²) in [5.74, 6) is 0. The van der Waals surface area contributed by atoms with E-state index in [1.54, 1.807) is 0 Å². The summed E-state index contributed by atoms with van der Waals surface area (Å²) < 4.78 is 7.72. The summed E-state index contributed by atoms with van der Waals surface area (Å²) in [6.07, 6.45) is 2.40. The Morgan fingerprint density at radius 3 is 2.70 bits per heavy atom. The van der Waals surface area contributed by atoms with Crippen molar-refractivity contribution in [1.82, 2.24) is 9.47 Å². The molecule has 3 nitrogen and oxygen atoms in total. The number of hydrogen-bond donors (Lipinski definition) is 0. The molecule has 0 atom stereocenters. The Hall–Kier alpha value is -1.32. The average molecular weight is 272 g/mol. The average Bonchev–Trinajstić information content (AvgIpc) is 2.74. The number of para-hydroxylation sites is 1. The van der Waals surface area contributed by atoms with Crippen LogP contribution in [-0.2, 0) is 18.2 Å². The molecule has 1 aliphatic heterocycles. The van der Waals surface area contributed by atoms with Crippen LogP contribution in [0.5, 0.6) is 0 Å². The third-order valence-corrected chi connectivity index (χ3v) is 4.54. The number of fused-ring (bicyclic) bond motifs is 1. The number of benzene rings is 1. The van der Waals surface area contributed by atoms with Crippen LogP contribution in [0.25, 0.3) is 10.9 Å². The smallest absolute Gasteiger partial charge is 0.0594 e. The van der Waals surface area contributed by atoms with Crippen molar-refractivity contribution < 1.29 is 4.74 Å². The van der Waals surface area contributed by atoms with Gasteiger partial charge in [0, 0.05) is 36.7 Å². The van der Waals surface area contributed by atoms with Gasteiger partial charge in [-0.3, -0.25) is 4.90 Å². The van der Waals surface area contributed by atoms with E-state index in [9.17, 15) is 0 Å². The first-order chi connectivity index (χ1) is 9.77. The summed E-state index contributed by atoms with van der Waals surface area (Å²) in [4.78, 5) is 2.52. The molecule has 2 aromatic rings. The predicted molar refractivity (Wildman–Crippen MR) is 83.2 cm³/mol. The summed E-state index contributed by atoms with van der Waals surface area (Å²) in [6, 6.07) is 8.74. The van der Waals surface area contributed by atoms with Crippen molar-refractivity contribution in [2.24, 2.45) is 7.05 Å². The molecule has 0 spiro atoms. The fraction of sp³-hybridized carbons (Fsp3) is 0.529. The topological polar surface area (TPSA) is 17.4 Å². The molecular formula is C17H24N2O. The largest absolute Gasteiger partial charge is 0.379 e. The maximum absolute atomic E-state index is 5.40. The number of aryl methyl sites for hydroxylation is 2. The van der Waals surface area contributed by atoms with Gasteiger partial charge in [0.1, 0.15) is 0 Å². The first kappa shape index (κ1) is 13.7. The lowest BCUT2D eigenvalue weighted by molar-refractivity contribution is 0.0375. The lowest BCUT2D eigenvalue weighted by Gasteiger charge is -2.26. The van der Waals surface area contributed by atoms with Crippen LogP contribution < -0.4 is 0 Å². The predicted octanol–water partition coefficient (Wildman–Crippen LogP) is 2.75. The van der Waals surface area contributed by atoms with Gasteiger partial charge >= 0.3 is 0 Å². The molecule has 0 aliphatic carbocycles. The van der Waals surface area contributed by atoms with Gasteiger partial charge in [-0.2, -0.15) is 0 Å². The molecule has 1 saturated heterocycles. The maximum atomic E-state index is 5.40. The van der Waals surface area contributed by atoms with E-state index in [2.05, 4.69) is 47.7 Å². The first-order valence-corrected chi connectivity index (χ1v) is 7.60. The van der Waals surface area contributed by atoms with Crippen LogP contribution in [0.3, 0.4) is 0 Å². The molecule has 0 saturated carbocycles. The minimum Gasteiger partial charge on any atom is -0.379 e. The van der Waals surface area contributed by atoms with E-state index < -0.39 is 0 Å². The van der Waals surface area contributed by atoms with Crippen LogP contribution in [0.1, 0.15) is 17.7 Å². The SMILES string of the molecule is Cc1c(CCCN2CCOCC2)c2ccccc2n1C. The van der Waals surface area contributed by atoms with Crippen molar-refractivity contribution in [3.63, 3.8) is 0 Å². The fourth-order valence-electron chi connectivity index (χ4n) is 3.22. The van der Waals surface area contributed by atoms with Gasteiger partial charge in [0.15, 0.2) is 0 Å². The standard InChI is InChI=1S/C17H24N2O/c1-14-15(7-5-9-19-10-12-20-13-11-19)16-6-3-4-8-17(16)18(14)2/h3-4,6,8H,5,7,9-13H2,1-2H3. The Labute approximate surface area is 121 Å². The number of rotatable bonds is 4. The van der Waals surface area contributed by atoms with Crippen molar-refractivity contribution in [3.8, 4) is 0 Å². The quantitative estimate of drug-likeness (QED) is 0.851. The molecule has 1 fully saturated rings. The zero-order chi connectivity index (χ0) is 13.9. The third kappa shape index (κ3) is 2.60. The second-order valence-electron chi connectivity index (χ2n) is 5.70. The van der Waals surface area contributed by atoms with Crippen molar-refractivity contribution in [2.75, 3.05) is 32.8 Å². The molecule has 1 aliphatic rings. The molecule has 0 N–H and O–H groups in total. The normalized spacial score (nSPS) is 16.9. The van der Waals surface area contributed by atoms with E-state index >= 15 is 0 Å². The van der Waals surface area contributed by atoms with Gasteiger partial charge in [0.05, 0.1) is 13.2 Å². The van der Waals surface area contributed by atoms with E-state index in [4.69, 9.17) is 4.74 Å². The number of aromatic nitrogens is 1. The van der Waals surface area contributed by atoms with Crippen LogP contribution in [0.15, 0.2) is 24.3 Å². The Kier molecular flexibility index (Phi) is 4.08. The van der Waals surface area contributed by atoms with Gasteiger partial charge in [-0.15, -0.1) is 0 Å². The number of ether oxygens (including phenoxy) is 1. The summed E-state index contributed by atoms with van der Waals surface area (Å²) in [5.41, 5.74) is 4.29. The van der Waals surface area contributed by atoms with Crippen LogP contribution >= 0.6 is 0 Å². The highest BCUT2D eigenvalue weighted by Gasteiger charge is 2.13. The van der Waals surface area contributed by atoms with Crippen molar-refractivity contribution in [2.45, 2.75) is 19.8 Å². The summed E-state index contributed by atoms with van der Waals surface area (Å²) in [5, 5.41) is 1.43. The van der Waals surface area contributed by atoms with Crippen molar-refractivity contribution >= 4 is 10.9 Å². The van der Waals surface area contributed by atoms with Gasteiger partial charge in [0.2, 0.25) is 0 Å². The molecule has 0 radical (unpaired) electrons. The van der Waals surface area contributed by atoms with Crippen LogP contribution in [0.2, 0.25) is 0 Å². The minimum atomic E-state index is 0.896. The molecule has 1 aromatic heterocycles. The number of hydrogen-bond acceptors (Lipinski definition) is 2. The van der Waals surface area contributed by atoms with Crippen LogP contribution in [0.4, 0.5) is 0 Å². The van der Waals surface area contributed by atoms with Gasteiger partial charge < -0.3 is 9.30 Å². The Morgan fingerprint density at radius 2 is 1.90 bits per heavy atom. The summed E-state index contributed by atoms with van der Waals surface area (Å²) >= 11 is 0. The Balaban J connectivity index is 1.69. The summed E-state index contributed by atoms with van der Waals surface area (Å²) in [7, 11) is 2.17. The number of morpholine rings is 1. The Bertz CT molecular complexity index is 582. The lowest BCUT2D eigenvalue weighted by atomic mass is 10.1. The van der Waals surface area contributed by atoms with Crippen molar-refractivity contribution in [1.29, 1.82) is 0 Å². The van der Waals surface area contributed by atoms with E-state index in [-0.39, 0.29) is 0 Å². The Morgan fingerprint density at radius 1 is 1.15 bits per heavy atom. The second kappa shape index (κ2) is 5.98. The van der Waals surface area contributed by atoms with Crippen LogP contribution in [-0.4, -0.2) is 42.3 Å². The highest BCUT2D eigenvalue weighted by Crippen LogP contribution is 2.25. The van der Waals surface area contributed by atoms with E-state index in [0.29, 0.717) is 0 Å². The second-order valence-corrected chi connectivity index (χ2v) is 5.70. The van der Waals surface area contributed by atoms with E-state index in [1.807, 2.05) is 0 Å². The van der Waals surface area contributed by atoms with Gasteiger partial charge in [-0.25, -0.2) is 0 Å². The first-order valence-electron chi connectivity index (χ1n) is 7.60. The zero-order valence-corrected chi connectivity index (χ0v) is 12.6. The summed E-state index contributed by atoms with van der Waals surface area (Å²) in [6.45, 7) is 7.40. The highest BCUT2D eigenvalue weighted by atomic mass is 16.5. The van der Waals surface area contributed by atoms with E-state index in [0.717, 1.165) is 26.3 Å². The van der Waals surface area contributed by atoms with Crippen LogP contribution in [0, 0.1) is 6.92 Å². The van der Waals surface area contributed by atoms with E-state index in [1.165, 1.54) is 41.5 Å². The molecular weight excluding hydrogens is 248 g/mol. The molecule has 0 amide bonds. The monoisotopic (exact) mass is 272 g/mol. The molecule has 0 unspecified atom stereocenters. The van der Waals surface area contributed by atoms with Gasteiger partial charge in [0.25, 0.3) is 0 Å². The molecule has 0 bridgehead atoms. The lowest BCUT2D eigenvalue weighted by Crippen LogP contribution is -2.36. The maximum Gasteiger partial charge on any atom is 0.0594 e.